The largest absolute Gasteiger partial charge is 0.351 e. The zero-order chi connectivity index (χ0) is 16.8. The Morgan fingerprint density at radius 3 is 2.83 bits per heavy atom. The molecule has 0 radical (unpaired) electrons. The third-order valence-corrected chi connectivity index (χ3v) is 4.21. The first-order valence-electron chi connectivity index (χ1n) is 8.21. The summed E-state index contributed by atoms with van der Waals surface area (Å²) in [6.07, 6.45) is 4.12. The first kappa shape index (κ1) is 16.4. The molecule has 1 heterocycles. The van der Waals surface area contributed by atoms with Gasteiger partial charge in [0.15, 0.2) is 0 Å². The van der Waals surface area contributed by atoms with E-state index in [1.54, 1.807) is 18.2 Å². The molecule has 4 heteroatoms. The van der Waals surface area contributed by atoms with Crippen molar-refractivity contribution >= 4 is 12.0 Å². The highest BCUT2D eigenvalue weighted by Crippen LogP contribution is 2.17. The second-order valence-corrected chi connectivity index (χ2v) is 5.97. The van der Waals surface area contributed by atoms with Crippen LogP contribution in [0.1, 0.15) is 16.7 Å². The summed E-state index contributed by atoms with van der Waals surface area (Å²) in [6.45, 7) is 3.39. The molecule has 2 aromatic carbocycles. The van der Waals surface area contributed by atoms with Crippen LogP contribution in [-0.4, -0.2) is 30.4 Å². The number of amides is 1. The zero-order valence-electron chi connectivity index (χ0n) is 13.5. The lowest BCUT2D eigenvalue weighted by Gasteiger charge is -2.28. The third-order valence-electron chi connectivity index (χ3n) is 4.21. The van der Waals surface area contributed by atoms with Gasteiger partial charge in [-0.1, -0.05) is 36.4 Å². The number of carbonyl (C=O) groups excluding carboxylic acids is 1. The van der Waals surface area contributed by atoms with Gasteiger partial charge >= 0.3 is 0 Å². The molecule has 0 saturated heterocycles. The molecule has 3 nitrogen and oxygen atoms in total. The molecule has 1 aliphatic rings. The number of benzene rings is 2. The number of carbonyl (C=O) groups is 1. The Morgan fingerprint density at radius 2 is 2.00 bits per heavy atom. The van der Waals surface area contributed by atoms with Gasteiger partial charge in [-0.2, -0.15) is 0 Å². The van der Waals surface area contributed by atoms with Crippen molar-refractivity contribution in [3.63, 3.8) is 0 Å². The smallest absolute Gasteiger partial charge is 0.244 e. The van der Waals surface area contributed by atoms with Crippen LogP contribution in [0.25, 0.3) is 6.08 Å². The third kappa shape index (κ3) is 4.52. The van der Waals surface area contributed by atoms with Gasteiger partial charge < -0.3 is 5.32 Å². The number of nitrogens with one attached hydrogen (secondary N) is 1. The van der Waals surface area contributed by atoms with Gasteiger partial charge in [0.05, 0.1) is 0 Å². The molecule has 0 aliphatic carbocycles. The van der Waals surface area contributed by atoms with Gasteiger partial charge in [0, 0.05) is 32.3 Å². The normalized spacial score (nSPS) is 14.5. The van der Waals surface area contributed by atoms with Gasteiger partial charge in [0.1, 0.15) is 5.82 Å². The average Bonchev–Trinajstić information content (AvgIpc) is 2.60. The van der Waals surface area contributed by atoms with Crippen molar-refractivity contribution in [3.05, 3.63) is 77.1 Å². The molecule has 0 saturated carbocycles. The van der Waals surface area contributed by atoms with E-state index in [0.29, 0.717) is 12.1 Å². The second kappa shape index (κ2) is 7.88. The van der Waals surface area contributed by atoms with Gasteiger partial charge in [-0.15, -0.1) is 0 Å². The molecule has 1 N–H and O–H groups in total. The summed E-state index contributed by atoms with van der Waals surface area (Å²) in [5.41, 5.74) is 3.48. The van der Waals surface area contributed by atoms with Crippen molar-refractivity contribution in [2.75, 3.05) is 19.6 Å². The van der Waals surface area contributed by atoms with E-state index in [1.165, 1.54) is 29.3 Å². The van der Waals surface area contributed by atoms with Crippen molar-refractivity contribution in [2.45, 2.75) is 13.0 Å². The Kier molecular flexibility index (Phi) is 5.39. The van der Waals surface area contributed by atoms with Crippen LogP contribution in [-0.2, 0) is 17.8 Å². The molecule has 0 unspecified atom stereocenters. The topological polar surface area (TPSA) is 32.3 Å². The van der Waals surface area contributed by atoms with E-state index < -0.39 is 0 Å². The van der Waals surface area contributed by atoms with Crippen LogP contribution in [0.2, 0.25) is 0 Å². The number of rotatable bonds is 5. The Bertz CT molecular complexity index is 742. The number of nitrogens with zero attached hydrogens (tertiary/aromatic N) is 1. The fraction of sp³-hybridized carbons (Fsp3) is 0.250. The summed E-state index contributed by atoms with van der Waals surface area (Å²) >= 11 is 0. The molecule has 2 aromatic rings. The average molecular weight is 324 g/mol. The van der Waals surface area contributed by atoms with Gasteiger partial charge in [-0.25, -0.2) is 4.39 Å². The first-order valence-corrected chi connectivity index (χ1v) is 8.21. The molecular formula is C20H21FN2O. The Balaban J connectivity index is 1.43. The van der Waals surface area contributed by atoms with E-state index >= 15 is 0 Å². The van der Waals surface area contributed by atoms with Crippen LogP contribution in [0.4, 0.5) is 4.39 Å². The molecule has 24 heavy (non-hydrogen) atoms. The van der Waals surface area contributed by atoms with Crippen LogP contribution in [0.5, 0.6) is 0 Å². The highest BCUT2D eigenvalue weighted by Gasteiger charge is 2.14. The molecule has 1 amide bonds. The summed E-state index contributed by atoms with van der Waals surface area (Å²) in [5.74, 6) is -0.459. The summed E-state index contributed by atoms with van der Waals surface area (Å²) in [5, 5.41) is 2.88. The van der Waals surface area contributed by atoms with Crippen molar-refractivity contribution in [1.82, 2.24) is 10.2 Å². The van der Waals surface area contributed by atoms with Crippen LogP contribution in [0, 0.1) is 5.82 Å². The minimum absolute atomic E-state index is 0.156. The molecule has 0 spiro atoms. The Morgan fingerprint density at radius 1 is 1.17 bits per heavy atom. The quantitative estimate of drug-likeness (QED) is 0.858. The molecule has 0 aromatic heterocycles. The SMILES string of the molecule is O=C(C=Cc1cccc(F)c1)NCCN1CCc2ccccc2C1. The van der Waals surface area contributed by atoms with E-state index in [9.17, 15) is 9.18 Å². The van der Waals surface area contributed by atoms with E-state index in [0.717, 1.165) is 26.1 Å². The van der Waals surface area contributed by atoms with E-state index in [-0.39, 0.29) is 11.7 Å². The Labute approximate surface area is 141 Å². The fourth-order valence-electron chi connectivity index (χ4n) is 2.92. The monoisotopic (exact) mass is 324 g/mol. The molecule has 1 aliphatic heterocycles. The maximum absolute atomic E-state index is 13.1. The predicted molar refractivity (Wildman–Crippen MR) is 93.9 cm³/mol. The molecule has 0 bridgehead atoms. The lowest BCUT2D eigenvalue weighted by atomic mass is 10.00. The maximum atomic E-state index is 13.1. The van der Waals surface area contributed by atoms with E-state index in [4.69, 9.17) is 0 Å². The van der Waals surface area contributed by atoms with Gasteiger partial charge in [-0.3, -0.25) is 9.69 Å². The maximum Gasteiger partial charge on any atom is 0.244 e. The summed E-state index contributed by atoms with van der Waals surface area (Å²) in [7, 11) is 0. The lowest BCUT2D eigenvalue weighted by molar-refractivity contribution is -0.116. The summed E-state index contributed by atoms with van der Waals surface area (Å²) < 4.78 is 13.1. The fourth-order valence-corrected chi connectivity index (χ4v) is 2.92. The standard InChI is InChI=1S/C20H21FN2O/c21-19-7-3-4-16(14-19)8-9-20(24)22-11-13-23-12-10-17-5-1-2-6-18(17)15-23/h1-9,14H,10-13,15H2,(H,22,24). The molecule has 3 rings (SSSR count). The van der Waals surface area contributed by atoms with E-state index in [1.807, 2.05) is 0 Å². The van der Waals surface area contributed by atoms with Crippen LogP contribution < -0.4 is 5.32 Å². The summed E-state index contributed by atoms with van der Waals surface area (Å²) in [6, 6.07) is 14.7. The molecular weight excluding hydrogens is 303 g/mol. The summed E-state index contributed by atoms with van der Waals surface area (Å²) in [4.78, 5) is 14.2. The van der Waals surface area contributed by atoms with Crippen molar-refractivity contribution in [2.24, 2.45) is 0 Å². The molecule has 124 valence electrons. The highest BCUT2D eigenvalue weighted by atomic mass is 19.1. The van der Waals surface area contributed by atoms with Crippen LogP contribution >= 0.6 is 0 Å². The molecule has 0 atom stereocenters. The van der Waals surface area contributed by atoms with E-state index in [2.05, 4.69) is 34.5 Å². The number of halogens is 1. The van der Waals surface area contributed by atoms with Gasteiger partial charge in [-0.05, 0) is 41.3 Å². The highest BCUT2D eigenvalue weighted by molar-refractivity contribution is 5.91. The predicted octanol–water partition coefficient (Wildman–Crippen LogP) is 3.01. The van der Waals surface area contributed by atoms with Gasteiger partial charge in [0.25, 0.3) is 0 Å². The number of fused-ring (bicyclic) bond motifs is 1. The minimum atomic E-state index is -0.303. The Hall–Kier alpha value is -2.46. The number of hydrogen-bond acceptors (Lipinski definition) is 2. The first-order chi connectivity index (χ1) is 11.7. The number of hydrogen-bond donors (Lipinski definition) is 1. The molecule has 0 fully saturated rings. The van der Waals surface area contributed by atoms with Gasteiger partial charge in [0.2, 0.25) is 5.91 Å². The minimum Gasteiger partial charge on any atom is -0.351 e. The van der Waals surface area contributed by atoms with Crippen molar-refractivity contribution in [3.8, 4) is 0 Å². The van der Waals surface area contributed by atoms with Crippen LogP contribution in [0.15, 0.2) is 54.6 Å². The zero-order valence-corrected chi connectivity index (χ0v) is 13.5. The van der Waals surface area contributed by atoms with Crippen molar-refractivity contribution in [1.29, 1.82) is 0 Å². The second-order valence-electron chi connectivity index (χ2n) is 5.97. The van der Waals surface area contributed by atoms with Crippen molar-refractivity contribution < 1.29 is 9.18 Å². The van der Waals surface area contributed by atoms with Crippen LogP contribution in [0.3, 0.4) is 0 Å². The lowest BCUT2D eigenvalue weighted by Crippen LogP contribution is -2.37.